The molecule has 0 unspecified atom stereocenters. The third-order valence-electron chi connectivity index (χ3n) is 2.37. The molecule has 0 bridgehead atoms. The first-order chi connectivity index (χ1) is 8.29. The van der Waals surface area contributed by atoms with Gasteiger partial charge in [-0.1, -0.05) is 0 Å². The van der Waals surface area contributed by atoms with Crippen LogP contribution < -0.4 is 11.3 Å². The van der Waals surface area contributed by atoms with Crippen molar-refractivity contribution in [1.29, 1.82) is 0 Å². The van der Waals surface area contributed by atoms with Gasteiger partial charge in [-0.2, -0.15) is 0 Å². The molecule has 0 saturated carbocycles. The Morgan fingerprint density at radius 2 is 2.29 bits per heavy atom. The second-order valence-electron chi connectivity index (χ2n) is 3.72. The molecule has 5 nitrogen and oxygen atoms in total. The average Bonchev–Trinajstić information content (AvgIpc) is 2.37. The molecule has 0 radical (unpaired) electrons. The number of aromatic amines is 1. The average molecular weight is 230 g/mol. The van der Waals surface area contributed by atoms with E-state index in [0.29, 0.717) is 18.8 Å². The molecule has 17 heavy (non-hydrogen) atoms. The van der Waals surface area contributed by atoms with Crippen molar-refractivity contribution in [3.63, 3.8) is 0 Å². The fraction of sp³-hybridized carbons (Fsp3) is 0.250. The highest BCUT2D eigenvalue weighted by Gasteiger charge is 2.03. The molecule has 0 aliphatic heterocycles. The maximum Gasteiger partial charge on any atom is 0.251 e. The fourth-order valence-electron chi connectivity index (χ4n) is 1.56. The molecule has 0 saturated heterocycles. The number of pyridine rings is 1. The van der Waals surface area contributed by atoms with Crippen LogP contribution in [0.2, 0.25) is 0 Å². The molecule has 0 aliphatic rings. The normalized spacial score (nSPS) is 10.4. The Bertz CT molecular complexity index is 536. The molecule has 0 aliphatic carbocycles. The van der Waals surface area contributed by atoms with Gasteiger partial charge in [0.25, 0.3) is 5.56 Å². The number of nitrogens with zero attached hydrogens (tertiary/aromatic N) is 2. The lowest BCUT2D eigenvalue weighted by Gasteiger charge is -2.03. The van der Waals surface area contributed by atoms with Crippen molar-refractivity contribution in [3.8, 4) is 11.4 Å². The second-order valence-corrected chi connectivity index (χ2v) is 3.72. The largest absolute Gasteiger partial charge is 0.330 e. The van der Waals surface area contributed by atoms with E-state index in [0.717, 1.165) is 17.7 Å². The summed E-state index contributed by atoms with van der Waals surface area (Å²) >= 11 is 0. The first kappa shape index (κ1) is 11.5. The van der Waals surface area contributed by atoms with Crippen molar-refractivity contribution in [2.45, 2.75) is 12.8 Å². The summed E-state index contributed by atoms with van der Waals surface area (Å²) in [5, 5.41) is 0. The van der Waals surface area contributed by atoms with Crippen molar-refractivity contribution in [1.82, 2.24) is 15.0 Å². The van der Waals surface area contributed by atoms with E-state index in [1.165, 1.54) is 6.07 Å². The van der Waals surface area contributed by atoms with Gasteiger partial charge in [0.2, 0.25) is 0 Å². The lowest BCUT2D eigenvalue weighted by Crippen LogP contribution is -2.11. The fourth-order valence-corrected chi connectivity index (χ4v) is 1.56. The van der Waals surface area contributed by atoms with Crippen molar-refractivity contribution < 1.29 is 0 Å². The molecule has 5 heteroatoms. The van der Waals surface area contributed by atoms with Crippen LogP contribution in [-0.4, -0.2) is 21.5 Å². The number of hydrogen-bond acceptors (Lipinski definition) is 4. The van der Waals surface area contributed by atoms with Crippen LogP contribution in [0, 0.1) is 0 Å². The van der Waals surface area contributed by atoms with Crippen molar-refractivity contribution >= 4 is 0 Å². The smallest absolute Gasteiger partial charge is 0.251 e. The van der Waals surface area contributed by atoms with Crippen LogP contribution in [0.5, 0.6) is 0 Å². The zero-order chi connectivity index (χ0) is 12.1. The lowest BCUT2D eigenvalue weighted by atomic mass is 10.2. The minimum atomic E-state index is -0.147. The number of rotatable bonds is 4. The number of nitrogens with two attached hydrogens (primary N) is 1. The summed E-state index contributed by atoms with van der Waals surface area (Å²) in [4.78, 5) is 22.6. The van der Waals surface area contributed by atoms with Crippen LogP contribution >= 0.6 is 0 Å². The molecule has 0 amide bonds. The molecule has 2 heterocycles. The third kappa shape index (κ3) is 2.98. The van der Waals surface area contributed by atoms with E-state index in [1.54, 1.807) is 12.4 Å². The maximum atomic E-state index is 11.5. The summed E-state index contributed by atoms with van der Waals surface area (Å²) in [6, 6.07) is 5.18. The summed E-state index contributed by atoms with van der Waals surface area (Å²) in [6.45, 7) is 0.594. The van der Waals surface area contributed by atoms with Gasteiger partial charge in [-0.15, -0.1) is 0 Å². The Kier molecular flexibility index (Phi) is 3.62. The summed E-state index contributed by atoms with van der Waals surface area (Å²) in [5.41, 5.74) is 6.86. The molecule has 3 N–H and O–H groups in total. The second kappa shape index (κ2) is 5.36. The Balaban J connectivity index is 2.35. The summed E-state index contributed by atoms with van der Waals surface area (Å²) in [7, 11) is 0. The highest BCUT2D eigenvalue weighted by Crippen LogP contribution is 2.11. The van der Waals surface area contributed by atoms with E-state index in [9.17, 15) is 4.79 Å². The lowest BCUT2D eigenvalue weighted by molar-refractivity contribution is 0.804. The SMILES string of the molecule is NCCCc1cc(=O)[nH]c(-c2cccnc2)n1. The Hall–Kier alpha value is -2.01. The maximum absolute atomic E-state index is 11.5. The molecule has 2 aromatic rings. The Morgan fingerprint density at radius 3 is 3.00 bits per heavy atom. The van der Waals surface area contributed by atoms with Gasteiger partial charge in [0.05, 0.1) is 0 Å². The van der Waals surface area contributed by atoms with Gasteiger partial charge in [0.1, 0.15) is 5.82 Å². The standard InChI is InChI=1S/C12H14N4O/c13-5-1-4-10-7-11(17)16-12(15-10)9-3-2-6-14-8-9/h2-3,6-8H,1,4-5,13H2,(H,15,16,17). The van der Waals surface area contributed by atoms with Gasteiger partial charge >= 0.3 is 0 Å². The number of aryl methyl sites for hydroxylation is 1. The van der Waals surface area contributed by atoms with Crippen LogP contribution in [0.4, 0.5) is 0 Å². The molecule has 2 rings (SSSR count). The number of aromatic nitrogens is 3. The van der Waals surface area contributed by atoms with E-state index in [2.05, 4.69) is 15.0 Å². The van der Waals surface area contributed by atoms with E-state index >= 15 is 0 Å². The monoisotopic (exact) mass is 230 g/mol. The van der Waals surface area contributed by atoms with Crippen LogP contribution in [0.15, 0.2) is 35.4 Å². The van der Waals surface area contributed by atoms with Crippen molar-refractivity contribution in [3.05, 3.63) is 46.6 Å². The zero-order valence-corrected chi connectivity index (χ0v) is 9.39. The molecule has 0 fully saturated rings. The molecule has 88 valence electrons. The number of nitrogens with one attached hydrogen (secondary N) is 1. The highest BCUT2D eigenvalue weighted by atomic mass is 16.1. The van der Waals surface area contributed by atoms with Crippen LogP contribution in [-0.2, 0) is 6.42 Å². The van der Waals surface area contributed by atoms with E-state index in [4.69, 9.17) is 5.73 Å². The minimum absolute atomic E-state index is 0.147. The minimum Gasteiger partial charge on any atom is -0.330 e. The number of H-pyrrole nitrogens is 1. The molecule has 0 atom stereocenters. The van der Waals surface area contributed by atoms with E-state index in [-0.39, 0.29) is 5.56 Å². The van der Waals surface area contributed by atoms with Crippen LogP contribution in [0.25, 0.3) is 11.4 Å². The predicted molar refractivity (Wildman–Crippen MR) is 65.5 cm³/mol. The summed E-state index contributed by atoms with van der Waals surface area (Å²) in [5.74, 6) is 0.553. The highest BCUT2D eigenvalue weighted by molar-refractivity contribution is 5.52. The number of hydrogen-bond donors (Lipinski definition) is 2. The predicted octanol–water partition coefficient (Wildman–Crippen LogP) is 0.723. The topological polar surface area (TPSA) is 84.7 Å². The van der Waals surface area contributed by atoms with E-state index in [1.807, 2.05) is 12.1 Å². The Labute approximate surface area is 98.7 Å². The van der Waals surface area contributed by atoms with Gasteiger partial charge in [-0.3, -0.25) is 9.78 Å². The van der Waals surface area contributed by atoms with Crippen molar-refractivity contribution in [2.24, 2.45) is 5.73 Å². The van der Waals surface area contributed by atoms with Crippen molar-refractivity contribution in [2.75, 3.05) is 6.54 Å². The Morgan fingerprint density at radius 1 is 1.41 bits per heavy atom. The third-order valence-corrected chi connectivity index (χ3v) is 2.37. The van der Waals surface area contributed by atoms with Crippen LogP contribution in [0.1, 0.15) is 12.1 Å². The molecule has 0 spiro atoms. The molecule has 2 aromatic heterocycles. The molecule has 0 aromatic carbocycles. The van der Waals surface area contributed by atoms with Gasteiger partial charge in [-0.25, -0.2) is 4.98 Å². The van der Waals surface area contributed by atoms with Crippen LogP contribution in [0.3, 0.4) is 0 Å². The first-order valence-electron chi connectivity index (χ1n) is 5.50. The first-order valence-corrected chi connectivity index (χ1v) is 5.50. The summed E-state index contributed by atoms with van der Waals surface area (Å²) in [6.07, 6.45) is 4.89. The zero-order valence-electron chi connectivity index (χ0n) is 9.39. The van der Waals surface area contributed by atoms with Gasteiger partial charge in [0.15, 0.2) is 0 Å². The van der Waals surface area contributed by atoms with Gasteiger partial charge in [-0.05, 0) is 31.5 Å². The van der Waals surface area contributed by atoms with Gasteiger partial charge in [0, 0.05) is 29.7 Å². The van der Waals surface area contributed by atoms with E-state index < -0.39 is 0 Å². The van der Waals surface area contributed by atoms with Gasteiger partial charge < -0.3 is 10.7 Å². The summed E-state index contributed by atoms with van der Waals surface area (Å²) < 4.78 is 0. The molecular weight excluding hydrogens is 216 g/mol. The molecular formula is C12H14N4O. The quantitative estimate of drug-likeness (QED) is 0.810.